The summed E-state index contributed by atoms with van der Waals surface area (Å²) in [5.41, 5.74) is 0.372. The minimum atomic E-state index is -1.50. The molecule has 2 aromatic carbocycles. The van der Waals surface area contributed by atoms with Gasteiger partial charge in [-0.1, -0.05) is 18.2 Å². The predicted octanol–water partition coefficient (Wildman–Crippen LogP) is 1.30. The third-order valence-corrected chi connectivity index (χ3v) is 2.21. The Kier molecular flexibility index (Phi) is 3.42. The van der Waals surface area contributed by atoms with Gasteiger partial charge < -0.3 is 14.8 Å². The van der Waals surface area contributed by atoms with E-state index in [0.717, 1.165) is 0 Å². The lowest BCUT2D eigenvalue weighted by Gasteiger charge is -2.06. The van der Waals surface area contributed by atoms with Crippen molar-refractivity contribution < 1.29 is 19.2 Å². The molecule has 0 aliphatic carbocycles. The molecule has 0 aliphatic heterocycles. The molecule has 2 aromatic rings. The highest BCUT2D eigenvalue weighted by molar-refractivity contribution is 6.58. The van der Waals surface area contributed by atoms with Gasteiger partial charge in [0.15, 0.2) is 0 Å². The van der Waals surface area contributed by atoms with Crippen LogP contribution in [0.1, 0.15) is 0 Å². The smallest absolute Gasteiger partial charge is 0.457 e. The van der Waals surface area contributed by atoms with Crippen molar-refractivity contribution >= 4 is 12.6 Å². The zero-order valence-corrected chi connectivity index (χ0v) is 8.88. The monoisotopic (exact) mass is 232 g/mol. The van der Waals surface area contributed by atoms with Crippen molar-refractivity contribution in [2.75, 3.05) is 0 Å². The van der Waals surface area contributed by atoms with Gasteiger partial charge in [-0.05, 0) is 29.7 Å². The van der Waals surface area contributed by atoms with E-state index >= 15 is 0 Å². The van der Waals surface area contributed by atoms with Crippen LogP contribution in [0, 0.1) is 5.82 Å². The van der Waals surface area contributed by atoms with Crippen LogP contribution in [0.5, 0.6) is 11.5 Å². The molecule has 0 amide bonds. The van der Waals surface area contributed by atoms with Gasteiger partial charge >= 0.3 is 7.12 Å². The van der Waals surface area contributed by atoms with Crippen LogP contribution in [0.4, 0.5) is 4.39 Å². The number of rotatable bonds is 3. The second-order valence-electron chi connectivity index (χ2n) is 3.50. The average molecular weight is 232 g/mol. The van der Waals surface area contributed by atoms with Gasteiger partial charge in [-0.2, -0.15) is 0 Å². The minimum Gasteiger partial charge on any atom is -0.457 e. The summed E-state index contributed by atoms with van der Waals surface area (Å²) in [6.07, 6.45) is 0. The molecule has 0 aliphatic rings. The maximum atomic E-state index is 12.9. The number of ether oxygens (including phenoxy) is 1. The molecule has 2 N–H and O–H groups in total. The first-order chi connectivity index (χ1) is 8.15. The van der Waals surface area contributed by atoms with Crippen LogP contribution in [0.15, 0.2) is 48.5 Å². The van der Waals surface area contributed by atoms with Crippen molar-refractivity contribution in [2.45, 2.75) is 0 Å². The normalized spacial score (nSPS) is 10.1. The van der Waals surface area contributed by atoms with E-state index in [0.29, 0.717) is 17.0 Å². The van der Waals surface area contributed by atoms with E-state index in [1.54, 1.807) is 24.3 Å². The van der Waals surface area contributed by atoms with E-state index in [1.165, 1.54) is 24.3 Å². The maximum Gasteiger partial charge on any atom is 0.488 e. The first-order valence-corrected chi connectivity index (χ1v) is 5.05. The molecule has 2 rings (SSSR count). The highest BCUT2D eigenvalue weighted by Gasteiger charge is 2.10. The SMILES string of the molecule is OB(O)c1ccc(Oc2cccc(F)c2)cc1. The minimum absolute atomic E-state index is 0.370. The third kappa shape index (κ3) is 3.06. The molecule has 0 bridgehead atoms. The van der Waals surface area contributed by atoms with Gasteiger partial charge in [-0.3, -0.25) is 0 Å². The standard InChI is InChI=1S/C12H10BFO3/c14-10-2-1-3-12(8-10)17-11-6-4-9(5-7-11)13(15)16/h1-8,15-16H. The van der Waals surface area contributed by atoms with Crippen LogP contribution in [0.3, 0.4) is 0 Å². The summed E-state index contributed by atoms with van der Waals surface area (Å²) in [7, 11) is -1.50. The first kappa shape index (κ1) is 11.6. The molecule has 0 radical (unpaired) electrons. The molecule has 17 heavy (non-hydrogen) atoms. The van der Waals surface area contributed by atoms with Gasteiger partial charge in [0.2, 0.25) is 0 Å². The summed E-state index contributed by atoms with van der Waals surface area (Å²) >= 11 is 0. The van der Waals surface area contributed by atoms with Crippen molar-refractivity contribution in [2.24, 2.45) is 0 Å². The number of halogens is 1. The first-order valence-electron chi connectivity index (χ1n) is 5.05. The Morgan fingerprint density at radius 2 is 1.65 bits per heavy atom. The lowest BCUT2D eigenvalue weighted by molar-refractivity contribution is 0.425. The average Bonchev–Trinajstić information content (AvgIpc) is 2.29. The Morgan fingerprint density at radius 1 is 0.941 bits per heavy atom. The molecule has 0 aromatic heterocycles. The Balaban J connectivity index is 2.14. The number of hydrogen-bond donors (Lipinski definition) is 2. The molecular formula is C12H10BFO3. The van der Waals surface area contributed by atoms with E-state index in [4.69, 9.17) is 14.8 Å². The lowest BCUT2D eigenvalue weighted by Crippen LogP contribution is -2.29. The Labute approximate surface area is 98.2 Å². The van der Waals surface area contributed by atoms with Crippen LogP contribution >= 0.6 is 0 Å². The highest BCUT2D eigenvalue weighted by atomic mass is 19.1. The van der Waals surface area contributed by atoms with Crippen LogP contribution < -0.4 is 10.2 Å². The van der Waals surface area contributed by atoms with E-state index in [2.05, 4.69) is 0 Å². The molecule has 0 saturated carbocycles. The van der Waals surface area contributed by atoms with E-state index < -0.39 is 7.12 Å². The molecule has 0 fully saturated rings. The molecular weight excluding hydrogens is 222 g/mol. The zero-order chi connectivity index (χ0) is 12.3. The molecule has 5 heteroatoms. The lowest BCUT2D eigenvalue weighted by atomic mass is 9.80. The Bertz CT molecular complexity index is 499. The van der Waals surface area contributed by atoms with Crippen LogP contribution in [-0.4, -0.2) is 17.2 Å². The van der Waals surface area contributed by atoms with Crippen LogP contribution in [-0.2, 0) is 0 Å². The molecule has 0 heterocycles. The third-order valence-electron chi connectivity index (χ3n) is 2.21. The van der Waals surface area contributed by atoms with E-state index in [9.17, 15) is 4.39 Å². The number of hydrogen-bond acceptors (Lipinski definition) is 3. The molecule has 0 unspecified atom stereocenters. The summed E-state index contributed by atoms with van der Waals surface area (Å²) in [5, 5.41) is 17.8. The van der Waals surface area contributed by atoms with Gasteiger partial charge in [-0.15, -0.1) is 0 Å². The summed E-state index contributed by atoms with van der Waals surface area (Å²) in [6, 6.07) is 12.0. The fourth-order valence-electron chi connectivity index (χ4n) is 1.37. The molecule has 0 atom stereocenters. The van der Waals surface area contributed by atoms with Gasteiger partial charge in [0, 0.05) is 6.07 Å². The summed E-state index contributed by atoms with van der Waals surface area (Å²) in [6.45, 7) is 0. The maximum absolute atomic E-state index is 12.9. The summed E-state index contributed by atoms with van der Waals surface area (Å²) < 4.78 is 18.3. The van der Waals surface area contributed by atoms with Crippen molar-refractivity contribution in [3.8, 4) is 11.5 Å². The zero-order valence-electron chi connectivity index (χ0n) is 8.88. The Hall–Kier alpha value is -1.85. The summed E-state index contributed by atoms with van der Waals surface area (Å²) in [4.78, 5) is 0. The van der Waals surface area contributed by atoms with Gasteiger partial charge in [0.05, 0.1) is 0 Å². The van der Waals surface area contributed by atoms with Crippen molar-refractivity contribution in [1.82, 2.24) is 0 Å². The second kappa shape index (κ2) is 4.99. The topological polar surface area (TPSA) is 49.7 Å². The fourth-order valence-corrected chi connectivity index (χ4v) is 1.37. The van der Waals surface area contributed by atoms with Crippen LogP contribution in [0.25, 0.3) is 0 Å². The van der Waals surface area contributed by atoms with Gasteiger partial charge in [-0.25, -0.2) is 4.39 Å². The number of benzene rings is 2. The molecule has 86 valence electrons. The van der Waals surface area contributed by atoms with E-state index in [1.807, 2.05) is 0 Å². The largest absolute Gasteiger partial charge is 0.488 e. The molecule has 3 nitrogen and oxygen atoms in total. The highest BCUT2D eigenvalue weighted by Crippen LogP contribution is 2.20. The van der Waals surface area contributed by atoms with Gasteiger partial charge in [0.25, 0.3) is 0 Å². The van der Waals surface area contributed by atoms with E-state index in [-0.39, 0.29) is 5.82 Å². The quantitative estimate of drug-likeness (QED) is 0.784. The van der Waals surface area contributed by atoms with Crippen LogP contribution in [0.2, 0.25) is 0 Å². The van der Waals surface area contributed by atoms with Crippen molar-refractivity contribution in [1.29, 1.82) is 0 Å². The Morgan fingerprint density at radius 3 is 2.24 bits per heavy atom. The molecule has 0 spiro atoms. The predicted molar refractivity (Wildman–Crippen MR) is 62.7 cm³/mol. The second-order valence-corrected chi connectivity index (χ2v) is 3.50. The fraction of sp³-hybridized carbons (Fsp3) is 0. The van der Waals surface area contributed by atoms with Crippen molar-refractivity contribution in [3.63, 3.8) is 0 Å². The van der Waals surface area contributed by atoms with Crippen molar-refractivity contribution in [3.05, 3.63) is 54.3 Å². The summed E-state index contributed by atoms with van der Waals surface area (Å²) in [5.74, 6) is 0.521. The van der Waals surface area contributed by atoms with Gasteiger partial charge in [0.1, 0.15) is 17.3 Å². The molecule has 0 saturated heterocycles.